The number of rotatable bonds is 4. The topological polar surface area (TPSA) is 47.8 Å². The third-order valence-electron chi connectivity index (χ3n) is 2.80. The maximum atomic E-state index is 12.7. The molecule has 4 nitrogen and oxygen atoms in total. The predicted octanol–water partition coefficient (Wildman–Crippen LogP) is 4.63. The van der Waals surface area contributed by atoms with Gasteiger partial charge in [-0.3, -0.25) is 4.21 Å². The number of halogens is 5. The second-order valence-corrected chi connectivity index (χ2v) is 7.74. The molecular formula is C13H10Cl2F3N3OS2. The smallest absolute Gasteiger partial charge is 0.254 e. The molecule has 130 valence electrons. The third-order valence-corrected chi connectivity index (χ3v) is 5.79. The summed E-state index contributed by atoms with van der Waals surface area (Å²) in [5.41, 5.74) is -0.546. The van der Waals surface area contributed by atoms with Gasteiger partial charge in [0.2, 0.25) is 0 Å². The minimum absolute atomic E-state index is 0.0364. The summed E-state index contributed by atoms with van der Waals surface area (Å²) >= 11 is 13.1. The van der Waals surface area contributed by atoms with Gasteiger partial charge in [-0.05, 0) is 24.5 Å². The van der Waals surface area contributed by atoms with Crippen molar-refractivity contribution in [1.29, 1.82) is 0 Å². The highest BCUT2D eigenvalue weighted by Gasteiger charge is 2.32. The van der Waals surface area contributed by atoms with Crippen molar-refractivity contribution in [3.05, 3.63) is 43.9 Å². The van der Waals surface area contributed by atoms with E-state index in [4.69, 9.17) is 23.2 Å². The highest BCUT2D eigenvalue weighted by Crippen LogP contribution is 2.37. The first kappa shape index (κ1) is 19.3. The van der Waals surface area contributed by atoms with Crippen LogP contribution in [0.1, 0.15) is 11.3 Å². The summed E-state index contributed by atoms with van der Waals surface area (Å²) in [5, 5.41) is 7.58. The van der Waals surface area contributed by atoms with Crippen LogP contribution in [0.3, 0.4) is 0 Å². The summed E-state index contributed by atoms with van der Waals surface area (Å²) in [7, 11) is -1.19. The van der Waals surface area contributed by atoms with Crippen molar-refractivity contribution >= 4 is 51.8 Å². The number of nitrogens with zero attached hydrogens (tertiary/aromatic N) is 3. The molecule has 1 aromatic heterocycles. The average Bonchev–Trinajstić information content (AvgIpc) is 2.91. The monoisotopic (exact) mass is 415 g/mol. The van der Waals surface area contributed by atoms with Crippen LogP contribution in [0.2, 0.25) is 10.0 Å². The molecule has 0 aliphatic heterocycles. The molecule has 1 aromatic carbocycles. The van der Waals surface area contributed by atoms with Gasteiger partial charge in [0, 0.05) is 6.26 Å². The van der Waals surface area contributed by atoms with Gasteiger partial charge >= 0.3 is 6.18 Å². The number of hydrogen-bond acceptors (Lipinski definition) is 4. The van der Waals surface area contributed by atoms with E-state index >= 15 is 0 Å². The van der Waals surface area contributed by atoms with Crippen LogP contribution in [-0.2, 0) is 17.0 Å². The second kappa shape index (κ2) is 7.47. The van der Waals surface area contributed by atoms with Crippen molar-refractivity contribution in [3.63, 3.8) is 0 Å². The maximum absolute atomic E-state index is 12.7. The molecule has 0 fully saturated rings. The van der Waals surface area contributed by atoms with Crippen molar-refractivity contribution < 1.29 is 17.4 Å². The summed E-state index contributed by atoms with van der Waals surface area (Å²) in [6.45, 7) is 0. The first-order chi connectivity index (χ1) is 11.1. The number of hydrogen-bond donors (Lipinski definition) is 0. The Morgan fingerprint density at radius 1 is 1.33 bits per heavy atom. The molecule has 0 aliphatic rings. The standard InChI is InChI=1S/C13H10Cl2F3N3OS2/c1-23-11(24(2)22)5-8-6-19-21(20-8)12-9(14)3-7(4-10(12)15)13(16,17)18/h3-6H,1-2H3. The van der Waals surface area contributed by atoms with E-state index in [2.05, 4.69) is 10.2 Å². The Hall–Kier alpha value is -1.03. The minimum Gasteiger partial charge on any atom is -0.254 e. The Bertz CT molecular complexity index is 798. The molecule has 1 unspecified atom stereocenters. The molecule has 0 amide bonds. The molecule has 2 aromatic rings. The zero-order valence-electron chi connectivity index (χ0n) is 12.3. The van der Waals surface area contributed by atoms with Gasteiger partial charge in [0.05, 0.1) is 36.8 Å². The van der Waals surface area contributed by atoms with Crippen LogP contribution in [0, 0.1) is 0 Å². The van der Waals surface area contributed by atoms with Gasteiger partial charge in [-0.25, -0.2) is 0 Å². The van der Waals surface area contributed by atoms with Crippen molar-refractivity contribution in [3.8, 4) is 5.69 Å². The van der Waals surface area contributed by atoms with Crippen molar-refractivity contribution in [2.24, 2.45) is 0 Å². The van der Waals surface area contributed by atoms with Crippen molar-refractivity contribution in [1.82, 2.24) is 15.0 Å². The highest BCUT2D eigenvalue weighted by atomic mass is 35.5. The van der Waals surface area contributed by atoms with Crippen LogP contribution in [0.25, 0.3) is 11.8 Å². The van der Waals surface area contributed by atoms with Crippen LogP contribution in [0.4, 0.5) is 13.2 Å². The Morgan fingerprint density at radius 2 is 1.92 bits per heavy atom. The molecular weight excluding hydrogens is 406 g/mol. The van der Waals surface area contributed by atoms with E-state index in [1.54, 1.807) is 12.3 Å². The van der Waals surface area contributed by atoms with E-state index in [1.165, 1.54) is 24.2 Å². The fraction of sp³-hybridized carbons (Fsp3) is 0.231. The average molecular weight is 416 g/mol. The van der Waals surface area contributed by atoms with Gasteiger partial charge in [0.25, 0.3) is 0 Å². The number of alkyl halides is 3. The van der Waals surface area contributed by atoms with E-state index in [1.807, 2.05) is 0 Å². The number of thioether (sulfide) groups is 1. The molecule has 2 rings (SSSR count). The first-order valence-corrected chi connectivity index (χ1v) is 9.75. The largest absolute Gasteiger partial charge is 0.416 e. The Balaban J connectivity index is 2.46. The van der Waals surface area contributed by atoms with Crippen molar-refractivity contribution in [2.45, 2.75) is 6.18 Å². The quantitative estimate of drug-likeness (QED) is 0.729. The Kier molecular flexibility index (Phi) is 6.00. The Morgan fingerprint density at radius 3 is 2.38 bits per heavy atom. The number of benzene rings is 1. The summed E-state index contributed by atoms with van der Waals surface area (Å²) < 4.78 is 50.3. The van der Waals surface area contributed by atoms with E-state index in [0.717, 1.165) is 16.9 Å². The van der Waals surface area contributed by atoms with E-state index < -0.39 is 22.5 Å². The molecule has 1 heterocycles. The van der Waals surface area contributed by atoms with Gasteiger partial charge in [0.1, 0.15) is 11.4 Å². The summed E-state index contributed by atoms with van der Waals surface area (Å²) in [6, 6.07) is 1.52. The zero-order valence-corrected chi connectivity index (χ0v) is 15.4. The fourth-order valence-corrected chi connectivity index (χ4v) is 3.85. The lowest BCUT2D eigenvalue weighted by Gasteiger charge is -2.11. The first-order valence-electron chi connectivity index (χ1n) is 6.21. The molecule has 0 spiro atoms. The normalized spacial score (nSPS) is 14.0. The van der Waals surface area contributed by atoms with Crippen LogP contribution in [-0.4, -0.2) is 31.7 Å². The molecule has 1 atom stereocenters. The van der Waals surface area contributed by atoms with Crippen molar-refractivity contribution in [2.75, 3.05) is 12.5 Å². The van der Waals surface area contributed by atoms with E-state index in [0.29, 0.717) is 9.93 Å². The van der Waals surface area contributed by atoms with Gasteiger partial charge in [-0.1, -0.05) is 23.2 Å². The maximum Gasteiger partial charge on any atom is 0.416 e. The minimum atomic E-state index is -4.56. The lowest BCUT2D eigenvalue weighted by atomic mass is 10.2. The molecule has 0 bridgehead atoms. The van der Waals surface area contributed by atoms with Gasteiger partial charge in [-0.2, -0.15) is 18.3 Å². The van der Waals surface area contributed by atoms with Crippen LogP contribution < -0.4 is 0 Å². The summed E-state index contributed by atoms with van der Waals surface area (Å²) in [5.74, 6) is 0. The SMILES string of the molecule is CSC(=Cc1cnn(-c2c(Cl)cc(C(F)(F)F)cc2Cl)n1)S(C)=O. The zero-order chi connectivity index (χ0) is 18.1. The summed E-state index contributed by atoms with van der Waals surface area (Å²) in [6.07, 6.45) is 1.66. The predicted molar refractivity (Wildman–Crippen MR) is 91.9 cm³/mol. The molecule has 24 heavy (non-hydrogen) atoms. The van der Waals surface area contributed by atoms with E-state index in [9.17, 15) is 17.4 Å². The highest BCUT2D eigenvalue weighted by molar-refractivity contribution is 8.16. The Labute approximate surface area is 152 Å². The van der Waals surface area contributed by atoms with Gasteiger partial charge < -0.3 is 0 Å². The molecule has 0 saturated carbocycles. The summed E-state index contributed by atoms with van der Waals surface area (Å²) in [4.78, 5) is 1.03. The molecule has 0 aliphatic carbocycles. The van der Waals surface area contributed by atoms with E-state index in [-0.39, 0.29) is 15.7 Å². The van der Waals surface area contributed by atoms with Gasteiger partial charge in [-0.15, -0.1) is 21.7 Å². The molecule has 11 heteroatoms. The van der Waals surface area contributed by atoms with Crippen LogP contribution >= 0.6 is 35.0 Å². The van der Waals surface area contributed by atoms with Crippen LogP contribution in [0.15, 0.2) is 22.6 Å². The second-order valence-electron chi connectivity index (χ2n) is 4.47. The van der Waals surface area contributed by atoms with Gasteiger partial charge in [0.15, 0.2) is 0 Å². The fourth-order valence-electron chi connectivity index (χ4n) is 1.75. The third kappa shape index (κ3) is 4.33. The lowest BCUT2D eigenvalue weighted by molar-refractivity contribution is -0.137. The molecule has 0 radical (unpaired) electrons. The van der Waals surface area contributed by atoms with Crippen LogP contribution in [0.5, 0.6) is 0 Å². The number of aromatic nitrogens is 3. The molecule has 0 saturated heterocycles. The lowest BCUT2D eigenvalue weighted by Crippen LogP contribution is -2.07. The molecule has 0 N–H and O–H groups in total.